The molecule has 23 heavy (non-hydrogen) atoms. The predicted octanol–water partition coefficient (Wildman–Crippen LogP) is 2.91. The van der Waals surface area contributed by atoms with Crippen molar-refractivity contribution in [1.82, 2.24) is 10.2 Å². The summed E-state index contributed by atoms with van der Waals surface area (Å²) in [6.07, 6.45) is 11.1. The van der Waals surface area contributed by atoms with Crippen molar-refractivity contribution in [3.8, 4) is 0 Å². The summed E-state index contributed by atoms with van der Waals surface area (Å²) in [6, 6.07) is 0. The molecule has 0 spiro atoms. The van der Waals surface area contributed by atoms with Crippen molar-refractivity contribution < 1.29 is 9.59 Å². The van der Waals surface area contributed by atoms with Crippen LogP contribution in [0.15, 0.2) is 60.8 Å². The van der Waals surface area contributed by atoms with Gasteiger partial charge in [0, 0.05) is 25.1 Å². The van der Waals surface area contributed by atoms with Gasteiger partial charge in [0.05, 0.1) is 5.54 Å². The van der Waals surface area contributed by atoms with Crippen LogP contribution in [0, 0.1) is 0 Å². The maximum absolute atomic E-state index is 12.8. The molecule has 1 unspecified atom stereocenters. The first-order valence-corrected chi connectivity index (χ1v) is 7.80. The van der Waals surface area contributed by atoms with Crippen LogP contribution in [0.1, 0.15) is 27.2 Å². The number of likely N-dealkylation sites (tertiary alicyclic amines) is 1. The molecule has 4 heteroatoms. The van der Waals surface area contributed by atoms with Gasteiger partial charge in [-0.15, -0.1) is 0 Å². The van der Waals surface area contributed by atoms with Crippen LogP contribution < -0.4 is 5.32 Å². The van der Waals surface area contributed by atoms with Crippen LogP contribution in [0.5, 0.6) is 0 Å². The number of carbonyl (C=O) groups excluding carboxylic acids is 2. The number of amides is 2. The first kappa shape index (κ1) is 18.7. The van der Waals surface area contributed by atoms with E-state index in [0.29, 0.717) is 25.1 Å². The van der Waals surface area contributed by atoms with Gasteiger partial charge in [-0.2, -0.15) is 0 Å². The first-order valence-electron chi connectivity index (χ1n) is 7.80. The van der Waals surface area contributed by atoms with E-state index in [0.717, 1.165) is 5.57 Å². The fraction of sp³-hybridized carbons (Fsp3) is 0.368. The van der Waals surface area contributed by atoms with Crippen LogP contribution >= 0.6 is 0 Å². The lowest BCUT2D eigenvalue weighted by molar-refractivity contribution is -0.129. The number of nitrogens with one attached hydrogen (secondary N) is 1. The van der Waals surface area contributed by atoms with E-state index >= 15 is 0 Å². The Morgan fingerprint density at radius 3 is 2.52 bits per heavy atom. The summed E-state index contributed by atoms with van der Waals surface area (Å²) in [4.78, 5) is 26.2. The van der Waals surface area contributed by atoms with E-state index in [4.69, 9.17) is 0 Å². The molecule has 0 aliphatic carbocycles. The van der Waals surface area contributed by atoms with Crippen molar-refractivity contribution in [2.75, 3.05) is 13.1 Å². The highest BCUT2D eigenvalue weighted by atomic mass is 16.2. The van der Waals surface area contributed by atoms with Crippen LogP contribution in [0.3, 0.4) is 0 Å². The molecule has 1 rings (SSSR count). The smallest absolute Gasteiger partial charge is 0.255 e. The van der Waals surface area contributed by atoms with Gasteiger partial charge in [0.1, 0.15) is 0 Å². The number of carbonyl (C=O) groups is 2. The van der Waals surface area contributed by atoms with Gasteiger partial charge >= 0.3 is 0 Å². The van der Waals surface area contributed by atoms with E-state index in [-0.39, 0.29) is 11.8 Å². The normalized spacial score (nSPS) is 21.0. The highest BCUT2D eigenvalue weighted by Gasteiger charge is 2.40. The van der Waals surface area contributed by atoms with Crippen molar-refractivity contribution in [2.24, 2.45) is 0 Å². The average molecular weight is 314 g/mol. The summed E-state index contributed by atoms with van der Waals surface area (Å²) in [5, 5.41) is 2.89. The van der Waals surface area contributed by atoms with E-state index < -0.39 is 5.54 Å². The number of hydrogen-bond acceptors (Lipinski definition) is 2. The summed E-state index contributed by atoms with van der Waals surface area (Å²) in [5.74, 6) is -0.0968. The molecule has 0 bridgehead atoms. The average Bonchev–Trinajstić information content (AvgIpc) is 2.83. The number of nitrogens with zero attached hydrogens (tertiary/aromatic N) is 1. The Labute approximate surface area is 138 Å². The zero-order valence-corrected chi connectivity index (χ0v) is 14.3. The molecular formula is C19H26N2O2. The molecule has 0 aromatic heterocycles. The zero-order chi connectivity index (χ0) is 17.5. The molecule has 1 heterocycles. The predicted molar refractivity (Wildman–Crippen MR) is 94.8 cm³/mol. The fourth-order valence-corrected chi connectivity index (χ4v) is 2.61. The minimum Gasteiger partial charge on any atom is -0.353 e. The van der Waals surface area contributed by atoms with Gasteiger partial charge in [-0.3, -0.25) is 9.59 Å². The zero-order valence-electron chi connectivity index (χ0n) is 14.3. The van der Waals surface area contributed by atoms with Gasteiger partial charge in [0.2, 0.25) is 5.91 Å². The SMILES string of the molecule is C=C/C=C1/CN(C(C)(/C=C/C)CNC(=O)CC)C(=O)/C1=C/C=C. The second-order valence-corrected chi connectivity index (χ2v) is 5.62. The van der Waals surface area contributed by atoms with E-state index in [1.165, 1.54) is 0 Å². The summed E-state index contributed by atoms with van der Waals surface area (Å²) in [6.45, 7) is 13.9. The Bertz CT molecular complexity index is 584. The fourth-order valence-electron chi connectivity index (χ4n) is 2.61. The standard InChI is InChI=1S/C19H26N2O2/c1-6-10-15-13-21(18(23)16(15)11-7-2)19(5,12-8-3)14-20-17(22)9-4/h6-8,10-12H,1-2,9,13-14H2,3-5H3,(H,20,22)/b12-8+,15-10-,16-11+. The topological polar surface area (TPSA) is 49.4 Å². The van der Waals surface area contributed by atoms with E-state index in [1.54, 1.807) is 30.1 Å². The Hall–Kier alpha value is -2.36. The van der Waals surface area contributed by atoms with Crippen LogP contribution in [0.25, 0.3) is 0 Å². The maximum atomic E-state index is 12.8. The summed E-state index contributed by atoms with van der Waals surface area (Å²) < 4.78 is 0. The van der Waals surface area contributed by atoms with Crippen molar-refractivity contribution in [3.05, 3.63) is 60.8 Å². The molecule has 1 N–H and O–H groups in total. The lowest BCUT2D eigenvalue weighted by atomic mass is 9.99. The lowest BCUT2D eigenvalue weighted by Gasteiger charge is -2.36. The quantitative estimate of drug-likeness (QED) is 0.580. The van der Waals surface area contributed by atoms with Crippen LogP contribution in [-0.4, -0.2) is 35.3 Å². The molecule has 1 aliphatic heterocycles. The third kappa shape index (κ3) is 4.31. The van der Waals surface area contributed by atoms with Gasteiger partial charge in [0.25, 0.3) is 5.91 Å². The minimum absolute atomic E-state index is 0.0314. The van der Waals surface area contributed by atoms with Gasteiger partial charge in [0.15, 0.2) is 0 Å². The maximum Gasteiger partial charge on any atom is 0.255 e. The van der Waals surface area contributed by atoms with Crippen LogP contribution in [-0.2, 0) is 9.59 Å². The summed E-state index contributed by atoms with van der Waals surface area (Å²) in [7, 11) is 0. The molecule has 0 aromatic carbocycles. The van der Waals surface area contributed by atoms with Crippen LogP contribution in [0.2, 0.25) is 0 Å². The van der Waals surface area contributed by atoms with Crippen molar-refractivity contribution in [1.29, 1.82) is 0 Å². The van der Waals surface area contributed by atoms with Crippen LogP contribution in [0.4, 0.5) is 0 Å². The van der Waals surface area contributed by atoms with E-state index in [9.17, 15) is 9.59 Å². The Morgan fingerprint density at radius 1 is 1.35 bits per heavy atom. The summed E-state index contributed by atoms with van der Waals surface area (Å²) >= 11 is 0. The number of hydrogen-bond donors (Lipinski definition) is 1. The largest absolute Gasteiger partial charge is 0.353 e. The second-order valence-electron chi connectivity index (χ2n) is 5.62. The molecule has 1 aliphatic rings. The van der Waals surface area contributed by atoms with Gasteiger partial charge in [-0.25, -0.2) is 0 Å². The van der Waals surface area contributed by atoms with Crippen molar-refractivity contribution >= 4 is 11.8 Å². The molecule has 4 nitrogen and oxygen atoms in total. The van der Waals surface area contributed by atoms with Gasteiger partial charge in [-0.05, 0) is 25.5 Å². The Morgan fingerprint density at radius 2 is 2.00 bits per heavy atom. The van der Waals surface area contributed by atoms with Gasteiger partial charge in [-0.1, -0.05) is 50.5 Å². The molecule has 2 amide bonds. The molecule has 124 valence electrons. The monoisotopic (exact) mass is 314 g/mol. The van der Waals surface area contributed by atoms with Gasteiger partial charge < -0.3 is 10.2 Å². The molecule has 0 aromatic rings. The first-order chi connectivity index (χ1) is 10.9. The van der Waals surface area contributed by atoms with E-state index in [1.807, 2.05) is 32.1 Å². The number of rotatable bonds is 7. The summed E-state index contributed by atoms with van der Waals surface area (Å²) in [5.41, 5.74) is 0.938. The number of allylic oxidation sites excluding steroid dienone is 5. The molecule has 1 atom stereocenters. The third-order valence-corrected chi connectivity index (χ3v) is 3.86. The second kappa shape index (κ2) is 8.32. The molecular weight excluding hydrogens is 288 g/mol. The highest BCUT2D eigenvalue weighted by molar-refractivity contribution is 6.02. The Balaban J connectivity index is 3.17. The molecule has 1 saturated heterocycles. The highest BCUT2D eigenvalue weighted by Crippen LogP contribution is 2.31. The van der Waals surface area contributed by atoms with E-state index in [2.05, 4.69) is 18.5 Å². The molecule has 0 radical (unpaired) electrons. The minimum atomic E-state index is -0.590. The van der Waals surface area contributed by atoms with Crippen molar-refractivity contribution in [2.45, 2.75) is 32.7 Å². The lowest BCUT2D eigenvalue weighted by Crippen LogP contribution is -2.53. The third-order valence-electron chi connectivity index (χ3n) is 3.86. The molecule has 1 fully saturated rings. The van der Waals surface area contributed by atoms with Crippen molar-refractivity contribution in [3.63, 3.8) is 0 Å². The molecule has 0 saturated carbocycles. The Kier molecular flexibility index (Phi) is 6.76.